The summed E-state index contributed by atoms with van der Waals surface area (Å²) in [6.45, 7) is 2.35. The van der Waals surface area contributed by atoms with Crippen LogP contribution in [0.1, 0.15) is 13.8 Å². The molecule has 0 aliphatic carbocycles. The van der Waals surface area contributed by atoms with Gasteiger partial charge in [-0.15, -0.1) is 0 Å². The monoisotopic (exact) mass is 224 g/mol. The van der Waals surface area contributed by atoms with Gasteiger partial charge in [0.1, 0.15) is 12.2 Å². The maximum Gasteiger partial charge on any atom is 0.163 e. The summed E-state index contributed by atoms with van der Waals surface area (Å²) in [6, 6.07) is 0. The van der Waals surface area contributed by atoms with Crippen LogP contribution in [0.5, 0.6) is 0 Å². The Morgan fingerprint density at radius 1 is 0.933 bits per heavy atom. The summed E-state index contributed by atoms with van der Waals surface area (Å²) >= 11 is 0. The average Bonchev–Trinajstić information content (AvgIpc) is 2.22. The summed E-state index contributed by atoms with van der Waals surface area (Å²) in [6.07, 6.45) is -1.90. The summed E-state index contributed by atoms with van der Waals surface area (Å²) in [5, 5.41) is 35.1. The van der Waals surface area contributed by atoms with Crippen molar-refractivity contribution in [1.29, 1.82) is 0 Å². The van der Waals surface area contributed by atoms with Crippen molar-refractivity contribution >= 4 is 0 Å². The Morgan fingerprint density at radius 3 is 1.53 bits per heavy atom. The molecule has 0 bridgehead atoms. The first kappa shape index (κ1) is 14.8. The summed E-state index contributed by atoms with van der Waals surface area (Å²) in [4.78, 5) is 0. The molecule has 0 aliphatic rings. The van der Waals surface area contributed by atoms with Crippen LogP contribution in [0.4, 0.5) is 0 Å². The van der Waals surface area contributed by atoms with Crippen molar-refractivity contribution in [2.45, 2.75) is 31.8 Å². The van der Waals surface area contributed by atoms with Crippen LogP contribution in [0.3, 0.4) is 0 Å². The number of aliphatic hydroxyl groups is 4. The topological polar surface area (TPSA) is 99.4 Å². The standard InChI is InChI=1S/C9H20O6/c1-9(2,14-5-7(12)3-10)15-6-8(13)4-11/h7-8,10-13H,3-6H2,1-2H3. The van der Waals surface area contributed by atoms with Crippen LogP contribution in [0.15, 0.2) is 0 Å². The van der Waals surface area contributed by atoms with E-state index in [4.69, 9.17) is 29.9 Å². The van der Waals surface area contributed by atoms with E-state index in [0.717, 1.165) is 0 Å². The van der Waals surface area contributed by atoms with E-state index in [1.54, 1.807) is 13.8 Å². The average molecular weight is 224 g/mol. The minimum absolute atomic E-state index is 0.0568. The predicted molar refractivity (Wildman–Crippen MR) is 52.2 cm³/mol. The molecule has 0 heterocycles. The molecule has 0 rings (SSSR count). The van der Waals surface area contributed by atoms with Gasteiger partial charge in [-0.1, -0.05) is 0 Å². The Kier molecular flexibility index (Phi) is 6.99. The SMILES string of the molecule is CC(C)(OCC(O)CO)OCC(O)CO. The largest absolute Gasteiger partial charge is 0.394 e. The lowest BCUT2D eigenvalue weighted by molar-refractivity contribution is -0.235. The molecule has 6 heteroatoms. The van der Waals surface area contributed by atoms with Gasteiger partial charge in [0.05, 0.1) is 26.4 Å². The fourth-order valence-electron chi connectivity index (χ4n) is 0.741. The zero-order valence-corrected chi connectivity index (χ0v) is 9.09. The van der Waals surface area contributed by atoms with E-state index in [0.29, 0.717) is 0 Å². The molecule has 0 spiro atoms. The molecule has 15 heavy (non-hydrogen) atoms. The van der Waals surface area contributed by atoms with Gasteiger partial charge in [-0.05, 0) is 13.8 Å². The van der Waals surface area contributed by atoms with E-state index in [1.807, 2.05) is 0 Å². The molecular formula is C9H20O6. The highest BCUT2D eigenvalue weighted by atomic mass is 16.7. The van der Waals surface area contributed by atoms with Gasteiger partial charge in [-0.3, -0.25) is 0 Å². The highest BCUT2D eigenvalue weighted by molar-refractivity contribution is 4.60. The van der Waals surface area contributed by atoms with E-state index in [9.17, 15) is 0 Å². The van der Waals surface area contributed by atoms with Gasteiger partial charge in [0, 0.05) is 0 Å². The van der Waals surface area contributed by atoms with E-state index in [2.05, 4.69) is 0 Å². The molecule has 0 aromatic carbocycles. The molecule has 0 radical (unpaired) electrons. The molecule has 0 aromatic rings. The molecule has 2 unspecified atom stereocenters. The van der Waals surface area contributed by atoms with Crippen molar-refractivity contribution < 1.29 is 29.9 Å². The Balaban J connectivity index is 3.75. The molecule has 2 atom stereocenters. The molecule has 0 aromatic heterocycles. The van der Waals surface area contributed by atoms with Gasteiger partial charge < -0.3 is 29.9 Å². The third kappa shape index (κ3) is 7.66. The van der Waals surface area contributed by atoms with Gasteiger partial charge in [-0.25, -0.2) is 0 Å². The molecule has 0 amide bonds. The molecular weight excluding hydrogens is 204 g/mol. The van der Waals surface area contributed by atoms with E-state index < -0.39 is 18.0 Å². The van der Waals surface area contributed by atoms with Gasteiger partial charge in [0.2, 0.25) is 0 Å². The van der Waals surface area contributed by atoms with E-state index >= 15 is 0 Å². The van der Waals surface area contributed by atoms with E-state index in [1.165, 1.54) is 0 Å². The zero-order valence-electron chi connectivity index (χ0n) is 9.09. The van der Waals surface area contributed by atoms with Crippen LogP contribution >= 0.6 is 0 Å². The second kappa shape index (κ2) is 7.10. The second-order valence-electron chi connectivity index (χ2n) is 3.69. The summed E-state index contributed by atoms with van der Waals surface area (Å²) in [5.74, 6) is -0.980. The molecule has 92 valence electrons. The molecule has 0 saturated carbocycles. The first-order valence-electron chi connectivity index (χ1n) is 4.77. The van der Waals surface area contributed by atoms with Crippen molar-refractivity contribution in [1.82, 2.24) is 0 Å². The van der Waals surface area contributed by atoms with Crippen LogP contribution in [0.2, 0.25) is 0 Å². The Bertz CT molecular complexity index is 145. The van der Waals surface area contributed by atoms with Gasteiger partial charge in [0.15, 0.2) is 5.79 Å². The van der Waals surface area contributed by atoms with Crippen LogP contribution in [0, 0.1) is 0 Å². The third-order valence-electron chi connectivity index (χ3n) is 1.67. The van der Waals surface area contributed by atoms with Gasteiger partial charge in [-0.2, -0.15) is 0 Å². The van der Waals surface area contributed by atoms with Crippen LogP contribution in [0.25, 0.3) is 0 Å². The number of ether oxygens (including phenoxy) is 2. The maximum atomic E-state index is 9.02. The molecule has 6 nitrogen and oxygen atoms in total. The highest BCUT2D eigenvalue weighted by Gasteiger charge is 2.21. The van der Waals surface area contributed by atoms with Crippen molar-refractivity contribution in [2.75, 3.05) is 26.4 Å². The van der Waals surface area contributed by atoms with Crippen molar-refractivity contribution in [3.8, 4) is 0 Å². The number of aliphatic hydroxyl groups excluding tert-OH is 4. The summed E-state index contributed by atoms with van der Waals surface area (Å²) in [5.41, 5.74) is 0. The fraction of sp³-hybridized carbons (Fsp3) is 1.00. The van der Waals surface area contributed by atoms with Crippen LogP contribution in [-0.4, -0.2) is 64.8 Å². The van der Waals surface area contributed by atoms with Crippen molar-refractivity contribution in [3.63, 3.8) is 0 Å². The minimum Gasteiger partial charge on any atom is -0.394 e. The summed E-state index contributed by atoms with van der Waals surface area (Å²) < 4.78 is 10.3. The predicted octanol–water partition coefficient (Wildman–Crippen LogP) is -1.54. The number of hydrogen-bond donors (Lipinski definition) is 4. The third-order valence-corrected chi connectivity index (χ3v) is 1.67. The minimum atomic E-state index is -0.980. The van der Waals surface area contributed by atoms with Gasteiger partial charge in [0.25, 0.3) is 0 Å². The molecule has 0 aliphatic heterocycles. The smallest absolute Gasteiger partial charge is 0.163 e. The number of rotatable bonds is 8. The fourth-order valence-corrected chi connectivity index (χ4v) is 0.741. The van der Waals surface area contributed by atoms with Crippen molar-refractivity contribution in [3.05, 3.63) is 0 Å². The lowest BCUT2D eigenvalue weighted by Crippen LogP contribution is -2.36. The maximum absolute atomic E-state index is 9.02. The second-order valence-corrected chi connectivity index (χ2v) is 3.69. The number of hydrogen-bond acceptors (Lipinski definition) is 6. The normalized spacial score (nSPS) is 16.4. The lowest BCUT2D eigenvalue weighted by atomic mass is 10.3. The zero-order chi connectivity index (χ0) is 11.9. The Hall–Kier alpha value is -0.240. The van der Waals surface area contributed by atoms with E-state index in [-0.39, 0.29) is 26.4 Å². The molecule has 0 fully saturated rings. The Labute approximate surface area is 89.1 Å². The lowest BCUT2D eigenvalue weighted by Gasteiger charge is -2.27. The van der Waals surface area contributed by atoms with Crippen LogP contribution in [-0.2, 0) is 9.47 Å². The summed E-state index contributed by atoms with van der Waals surface area (Å²) in [7, 11) is 0. The first-order valence-corrected chi connectivity index (χ1v) is 4.77. The molecule has 0 saturated heterocycles. The first-order chi connectivity index (χ1) is 6.91. The molecule has 4 N–H and O–H groups in total. The van der Waals surface area contributed by atoms with Gasteiger partial charge >= 0.3 is 0 Å². The van der Waals surface area contributed by atoms with Crippen LogP contribution < -0.4 is 0 Å². The highest BCUT2D eigenvalue weighted by Crippen LogP contribution is 2.12. The quantitative estimate of drug-likeness (QED) is 0.373. The van der Waals surface area contributed by atoms with Crippen molar-refractivity contribution in [2.24, 2.45) is 0 Å². The Morgan fingerprint density at radius 2 is 1.27 bits per heavy atom.